The number of aromatic nitrogens is 3. The second kappa shape index (κ2) is 8.70. The molecule has 0 radical (unpaired) electrons. The van der Waals surface area contributed by atoms with E-state index in [0.29, 0.717) is 10.6 Å². The minimum Gasteiger partial charge on any atom is -0.479 e. The molecule has 3 rings (SSSR count). The van der Waals surface area contributed by atoms with Crippen LogP contribution in [0.2, 0.25) is 10.0 Å². The molecule has 0 spiro atoms. The molecule has 0 saturated carbocycles. The quantitative estimate of drug-likeness (QED) is 0.502. The first-order chi connectivity index (χ1) is 13.3. The van der Waals surface area contributed by atoms with Crippen LogP contribution in [0.4, 0.5) is 0 Å². The van der Waals surface area contributed by atoms with Crippen LogP contribution in [-0.4, -0.2) is 71.9 Å². The molecule has 0 aliphatic carbocycles. The molecule has 2 aromatic rings. The van der Waals surface area contributed by atoms with E-state index < -0.39 is 42.8 Å². The van der Waals surface area contributed by atoms with Gasteiger partial charge < -0.3 is 29.9 Å². The number of carboxylic acids is 1. The van der Waals surface area contributed by atoms with Crippen LogP contribution in [0.15, 0.2) is 30.9 Å². The van der Waals surface area contributed by atoms with Crippen molar-refractivity contribution in [3.63, 3.8) is 0 Å². The Morgan fingerprint density at radius 2 is 2.00 bits per heavy atom. The summed E-state index contributed by atoms with van der Waals surface area (Å²) < 4.78 is 12.4. The molecule has 1 aliphatic heterocycles. The number of hydrogen-bond donors (Lipinski definition) is 4. The molecule has 1 saturated heterocycles. The van der Waals surface area contributed by atoms with Crippen molar-refractivity contribution in [1.29, 1.82) is 0 Å². The van der Waals surface area contributed by atoms with E-state index in [0.717, 1.165) is 0 Å². The Morgan fingerprint density at radius 3 is 2.61 bits per heavy atom. The van der Waals surface area contributed by atoms with Crippen molar-refractivity contribution in [1.82, 2.24) is 14.8 Å². The molecule has 12 heteroatoms. The number of ether oxygens (including phenoxy) is 2. The summed E-state index contributed by atoms with van der Waals surface area (Å²) in [6.07, 6.45) is -6.77. The van der Waals surface area contributed by atoms with Crippen LogP contribution < -0.4 is 0 Å². The lowest BCUT2D eigenvalue weighted by Gasteiger charge is -2.39. The molecule has 28 heavy (non-hydrogen) atoms. The fraction of sp³-hybridized carbons (Fsp3) is 0.438. The number of aliphatic carboxylic acids is 1. The molecule has 152 valence electrons. The number of aliphatic hydroxyl groups excluding tert-OH is 3. The SMILES string of the molecule is O=C(O)[C@H]1O[C@@H](OC(Cn2cncn2)c2ccc(Cl)cc2Cl)[C@H](O)[C@H](O)[C@H]1O. The summed E-state index contributed by atoms with van der Waals surface area (Å²) >= 11 is 12.2. The van der Waals surface area contributed by atoms with Crippen molar-refractivity contribution in [2.75, 3.05) is 0 Å². The topological polar surface area (TPSA) is 147 Å². The summed E-state index contributed by atoms with van der Waals surface area (Å²) in [7, 11) is 0. The van der Waals surface area contributed by atoms with Gasteiger partial charge in [0.15, 0.2) is 12.4 Å². The first kappa shape index (κ1) is 20.9. The minimum absolute atomic E-state index is 0.0876. The predicted octanol–water partition coefficient (Wildman–Crippen LogP) is 0.235. The number of benzene rings is 1. The van der Waals surface area contributed by atoms with Crippen molar-refractivity contribution in [3.05, 3.63) is 46.5 Å². The van der Waals surface area contributed by atoms with E-state index in [-0.39, 0.29) is 11.6 Å². The zero-order valence-electron chi connectivity index (χ0n) is 14.2. The molecule has 0 amide bonds. The van der Waals surface area contributed by atoms with E-state index in [4.69, 9.17) is 32.7 Å². The number of carboxylic acid groups (broad SMARTS) is 1. The van der Waals surface area contributed by atoms with Crippen molar-refractivity contribution in [2.45, 2.75) is 43.4 Å². The van der Waals surface area contributed by atoms with E-state index in [1.807, 2.05) is 0 Å². The van der Waals surface area contributed by atoms with Gasteiger partial charge in [-0.1, -0.05) is 29.3 Å². The molecular formula is C16H17Cl2N3O7. The van der Waals surface area contributed by atoms with Gasteiger partial charge in [-0.05, 0) is 12.1 Å². The fourth-order valence-corrected chi connectivity index (χ4v) is 3.33. The normalized spacial score (nSPS) is 28.8. The summed E-state index contributed by atoms with van der Waals surface area (Å²) in [5, 5.41) is 43.8. The van der Waals surface area contributed by atoms with Gasteiger partial charge >= 0.3 is 5.97 Å². The smallest absolute Gasteiger partial charge is 0.335 e. The Bertz CT molecular complexity index is 823. The molecule has 1 fully saturated rings. The summed E-state index contributed by atoms with van der Waals surface area (Å²) in [5.74, 6) is -1.51. The minimum atomic E-state index is -1.82. The third-order valence-corrected chi connectivity index (χ3v) is 4.80. The largest absolute Gasteiger partial charge is 0.479 e. The summed E-state index contributed by atoms with van der Waals surface area (Å²) in [4.78, 5) is 15.1. The van der Waals surface area contributed by atoms with Gasteiger partial charge in [0.2, 0.25) is 0 Å². The molecule has 2 heterocycles. The van der Waals surface area contributed by atoms with Gasteiger partial charge in [-0.25, -0.2) is 9.78 Å². The highest BCUT2D eigenvalue weighted by molar-refractivity contribution is 6.35. The van der Waals surface area contributed by atoms with Crippen LogP contribution in [0.3, 0.4) is 0 Å². The molecule has 1 aromatic carbocycles. The zero-order chi connectivity index (χ0) is 20.4. The Labute approximate surface area is 168 Å². The lowest BCUT2D eigenvalue weighted by molar-refractivity contribution is -0.306. The molecule has 10 nitrogen and oxygen atoms in total. The lowest BCUT2D eigenvalue weighted by Crippen LogP contribution is -2.60. The first-order valence-electron chi connectivity index (χ1n) is 8.13. The van der Waals surface area contributed by atoms with E-state index in [1.54, 1.807) is 12.1 Å². The van der Waals surface area contributed by atoms with Crippen LogP contribution in [0.5, 0.6) is 0 Å². The molecule has 1 aliphatic rings. The average Bonchev–Trinajstić information content (AvgIpc) is 3.14. The monoisotopic (exact) mass is 433 g/mol. The standard InChI is InChI=1S/C16H17Cl2N3O7/c17-7-1-2-8(9(18)3-7)10(4-21-6-19-5-20-21)27-16-13(24)11(22)12(23)14(28-16)15(25)26/h1-3,5-6,10-14,16,22-24H,4H2,(H,25,26)/t10?,11-,12-,13-,14+,16-/m1/s1. The van der Waals surface area contributed by atoms with Crippen LogP contribution in [-0.2, 0) is 20.8 Å². The molecule has 1 aromatic heterocycles. The van der Waals surface area contributed by atoms with Gasteiger partial charge in [0.1, 0.15) is 37.1 Å². The Hall–Kier alpha value is -1.79. The van der Waals surface area contributed by atoms with Gasteiger partial charge in [-0.3, -0.25) is 4.68 Å². The van der Waals surface area contributed by atoms with Crippen LogP contribution in [0.1, 0.15) is 11.7 Å². The van der Waals surface area contributed by atoms with Gasteiger partial charge in [0.05, 0.1) is 6.54 Å². The Kier molecular flexibility index (Phi) is 6.50. The van der Waals surface area contributed by atoms with E-state index >= 15 is 0 Å². The van der Waals surface area contributed by atoms with Gasteiger partial charge in [0, 0.05) is 15.6 Å². The zero-order valence-corrected chi connectivity index (χ0v) is 15.7. The van der Waals surface area contributed by atoms with E-state index in [2.05, 4.69) is 10.1 Å². The number of hydrogen-bond acceptors (Lipinski definition) is 8. The average molecular weight is 434 g/mol. The van der Waals surface area contributed by atoms with Gasteiger partial charge in [-0.15, -0.1) is 0 Å². The maximum absolute atomic E-state index is 11.3. The third-order valence-electron chi connectivity index (χ3n) is 4.24. The second-order valence-electron chi connectivity index (χ2n) is 6.14. The van der Waals surface area contributed by atoms with Gasteiger partial charge in [-0.2, -0.15) is 5.10 Å². The van der Waals surface area contributed by atoms with Crippen molar-refractivity contribution in [2.24, 2.45) is 0 Å². The predicted molar refractivity (Wildman–Crippen MR) is 94.6 cm³/mol. The number of aliphatic hydroxyl groups is 3. The van der Waals surface area contributed by atoms with Crippen LogP contribution in [0.25, 0.3) is 0 Å². The number of carbonyl (C=O) groups is 1. The highest BCUT2D eigenvalue weighted by Crippen LogP contribution is 2.33. The summed E-state index contributed by atoms with van der Waals surface area (Å²) in [6.45, 7) is 0.0876. The summed E-state index contributed by atoms with van der Waals surface area (Å²) in [5.41, 5.74) is 0.463. The molecular weight excluding hydrogens is 417 g/mol. The maximum atomic E-state index is 11.3. The number of rotatable bonds is 6. The summed E-state index contributed by atoms with van der Waals surface area (Å²) in [6, 6.07) is 4.67. The molecule has 1 unspecified atom stereocenters. The third kappa shape index (κ3) is 4.44. The molecule has 0 bridgehead atoms. The van der Waals surface area contributed by atoms with E-state index in [9.17, 15) is 25.2 Å². The van der Waals surface area contributed by atoms with Gasteiger partial charge in [0.25, 0.3) is 0 Å². The highest BCUT2D eigenvalue weighted by Gasteiger charge is 2.48. The van der Waals surface area contributed by atoms with Crippen molar-refractivity contribution in [3.8, 4) is 0 Å². The van der Waals surface area contributed by atoms with Crippen LogP contribution >= 0.6 is 23.2 Å². The van der Waals surface area contributed by atoms with E-state index in [1.165, 1.54) is 23.4 Å². The number of halogens is 2. The molecule has 4 N–H and O–H groups in total. The molecule has 6 atom stereocenters. The number of nitrogens with zero attached hydrogens (tertiary/aromatic N) is 3. The van der Waals surface area contributed by atoms with Crippen LogP contribution in [0, 0.1) is 0 Å². The Morgan fingerprint density at radius 1 is 1.25 bits per heavy atom. The second-order valence-corrected chi connectivity index (χ2v) is 6.99. The lowest BCUT2D eigenvalue weighted by atomic mass is 9.99. The van der Waals surface area contributed by atoms with Crippen molar-refractivity contribution < 1.29 is 34.7 Å². The Balaban J connectivity index is 1.88. The fourth-order valence-electron chi connectivity index (χ4n) is 2.80. The first-order valence-corrected chi connectivity index (χ1v) is 8.89. The highest BCUT2D eigenvalue weighted by atomic mass is 35.5. The van der Waals surface area contributed by atoms with Crippen molar-refractivity contribution >= 4 is 29.2 Å². The maximum Gasteiger partial charge on any atom is 0.335 e.